The monoisotopic (exact) mass is 168 g/mol. The maximum absolute atomic E-state index is 9.68. The van der Waals surface area contributed by atoms with Crippen molar-refractivity contribution in [1.29, 1.82) is 0 Å². The lowest BCUT2D eigenvalue weighted by atomic mass is 9.90. The van der Waals surface area contributed by atoms with E-state index in [0.29, 0.717) is 6.61 Å². The van der Waals surface area contributed by atoms with Crippen molar-refractivity contribution in [3.63, 3.8) is 0 Å². The van der Waals surface area contributed by atoms with Crippen LogP contribution >= 0.6 is 0 Å². The predicted molar refractivity (Wildman–Crippen MR) is 42.5 cm³/mol. The van der Waals surface area contributed by atoms with Crippen LogP contribution in [-0.2, 0) is 9.47 Å². The highest BCUT2D eigenvalue weighted by molar-refractivity contribution is 5.13. The van der Waals surface area contributed by atoms with Crippen molar-refractivity contribution in [2.24, 2.45) is 0 Å². The van der Waals surface area contributed by atoms with E-state index >= 15 is 0 Å². The fourth-order valence-corrected chi connectivity index (χ4v) is 1.77. The van der Waals surface area contributed by atoms with Crippen LogP contribution in [-0.4, -0.2) is 35.6 Å². The molecular weight excluding hydrogens is 156 g/mol. The van der Waals surface area contributed by atoms with Crippen molar-refractivity contribution in [2.45, 2.75) is 37.3 Å². The molecule has 0 aromatic carbocycles. The van der Waals surface area contributed by atoms with Gasteiger partial charge in [-0.2, -0.15) is 0 Å². The van der Waals surface area contributed by atoms with Gasteiger partial charge >= 0.3 is 0 Å². The summed E-state index contributed by atoms with van der Waals surface area (Å²) < 4.78 is 10.6. The number of ether oxygens (including phenoxy) is 2. The first kappa shape index (κ1) is 8.06. The van der Waals surface area contributed by atoms with E-state index in [4.69, 9.17) is 15.9 Å². The standard InChI is InChI=1S/C9H12O3/c1-3-7-8(10)9(5-11-9)4-6(2)12-7/h1,6-8,10H,4-5H2,2H3. The number of hydrogen-bond donors (Lipinski definition) is 1. The molecule has 0 saturated carbocycles. The number of aliphatic hydroxyl groups excluding tert-OH is 1. The Morgan fingerprint density at radius 2 is 2.33 bits per heavy atom. The maximum atomic E-state index is 9.68. The molecule has 3 nitrogen and oxygen atoms in total. The zero-order valence-electron chi connectivity index (χ0n) is 6.99. The smallest absolute Gasteiger partial charge is 0.146 e. The molecule has 2 heterocycles. The topological polar surface area (TPSA) is 42.0 Å². The summed E-state index contributed by atoms with van der Waals surface area (Å²) in [6, 6.07) is 0. The van der Waals surface area contributed by atoms with E-state index in [2.05, 4.69) is 5.92 Å². The Balaban J connectivity index is 2.14. The van der Waals surface area contributed by atoms with Crippen LogP contribution in [0.2, 0.25) is 0 Å². The number of aliphatic hydroxyl groups is 1. The van der Waals surface area contributed by atoms with Crippen molar-refractivity contribution in [2.75, 3.05) is 6.61 Å². The van der Waals surface area contributed by atoms with Gasteiger partial charge in [0.1, 0.15) is 17.8 Å². The van der Waals surface area contributed by atoms with Crippen LogP contribution in [0.15, 0.2) is 0 Å². The second-order valence-electron chi connectivity index (χ2n) is 3.54. The summed E-state index contributed by atoms with van der Waals surface area (Å²) >= 11 is 0. The Labute approximate surface area is 71.7 Å². The molecule has 1 N–H and O–H groups in total. The third-order valence-electron chi connectivity index (χ3n) is 2.52. The van der Waals surface area contributed by atoms with Crippen molar-refractivity contribution >= 4 is 0 Å². The third-order valence-corrected chi connectivity index (χ3v) is 2.52. The summed E-state index contributed by atoms with van der Waals surface area (Å²) in [6.45, 7) is 2.56. The molecule has 3 heteroatoms. The van der Waals surface area contributed by atoms with Crippen LogP contribution < -0.4 is 0 Å². The molecule has 2 fully saturated rings. The molecule has 4 unspecified atom stereocenters. The minimum Gasteiger partial charge on any atom is -0.386 e. The third kappa shape index (κ3) is 1.04. The quantitative estimate of drug-likeness (QED) is 0.406. The first-order valence-corrected chi connectivity index (χ1v) is 4.11. The van der Waals surface area contributed by atoms with E-state index < -0.39 is 12.2 Å². The summed E-state index contributed by atoms with van der Waals surface area (Å²) in [5, 5.41) is 9.68. The molecule has 0 radical (unpaired) electrons. The molecule has 2 rings (SSSR count). The SMILES string of the molecule is C#CC1OC(C)CC2(CO2)C1O. The highest BCUT2D eigenvalue weighted by Crippen LogP contribution is 2.41. The normalized spacial score (nSPS) is 51.9. The number of epoxide rings is 1. The fourth-order valence-electron chi connectivity index (χ4n) is 1.77. The molecular formula is C9H12O3. The van der Waals surface area contributed by atoms with Gasteiger partial charge in [0.15, 0.2) is 0 Å². The Morgan fingerprint density at radius 3 is 2.83 bits per heavy atom. The molecule has 1 spiro atoms. The molecule has 4 atom stereocenters. The average Bonchev–Trinajstić information content (AvgIpc) is 2.78. The molecule has 0 aromatic heterocycles. The first-order chi connectivity index (χ1) is 5.68. The van der Waals surface area contributed by atoms with E-state index in [1.54, 1.807) is 0 Å². The summed E-state index contributed by atoms with van der Waals surface area (Å²) in [4.78, 5) is 0. The lowest BCUT2D eigenvalue weighted by molar-refractivity contribution is -0.122. The molecule has 2 aliphatic rings. The zero-order chi connectivity index (χ0) is 8.77. The van der Waals surface area contributed by atoms with E-state index in [9.17, 15) is 5.11 Å². The Kier molecular flexibility index (Phi) is 1.65. The molecule has 66 valence electrons. The zero-order valence-corrected chi connectivity index (χ0v) is 6.99. The Morgan fingerprint density at radius 1 is 1.67 bits per heavy atom. The predicted octanol–water partition coefficient (Wildman–Crippen LogP) is -0.0731. The van der Waals surface area contributed by atoms with Gasteiger partial charge in [-0.15, -0.1) is 6.42 Å². The van der Waals surface area contributed by atoms with Crippen molar-refractivity contribution in [3.05, 3.63) is 0 Å². The minimum atomic E-state index is -0.654. The van der Waals surface area contributed by atoms with Crippen molar-refractivity contribution in [1.82, 2.24) is 0 Å². The van der Waals surface area contributed by atoms with Crippen LogP contribution in [0, 0.1) is 12.3 Å². The number of terminal acetylenes is 1. The van der Waals surface area contributed by atoms with Gasteiger partial charge in [-0.3, -0.25) is 0 Å². The molecule has 0 aliphatic carbocycles. The summed E-state index contributed by atoms with van der Waals surface area (Å²) in [5.41, 5.74) is -0.380. The second-order valence-corrected chi connectivity index (χ2v) is 3.54. The summed E-state index contributed by atoms with van der Waals surface area (Å²) in [7, 11) is 0. The van der Waals surface area contributed by atoms with Gasteiger partial charge in [-0.25, -0.2) is 0 Å². The van der Waals surface area contributed by atoms with Gasteiger partial charge in [0.2, 0.25) is 0 Å². The largest absolute Gasteiger partial charge is 0.386 e. The van der Waals surface area contributed by atoms with Crippen LogP contribution in [0.5, 0.6) is 0 Å². The molecule has 0 amide bonds. The number of hydrogen-bond acceptors (Lipinski definition) is 3. The van der Waals surface area contributed by atoms with E-state index in [0.717, 1.165) is 6.42 Å². The molecule has 0 aromatic rings. The van der Waals surface area contributed by atoms with E-state index in [1.165, 1.54) is 0 Å². The van der Waals surface area contributed by atoms with E-state index in [1.807, 2.05) is 6.92 Å². The summed E-state index contributed by atoms with van der Waals surface area (Å²) in [6.07, 6.45) is 4.88. The number of rotatable bonds is 0. The maximum Gasteiger partial charge on any atom is 0.146 e. The molecule has 2 saturated heterocycles. The van der Waals surface area contributed by atoms with Crippen LogP contribution in [0.25, 0.3) is 0 Å². The lowest BCUT2D eigenvalue weighted by Crippen LogP contribution is -2.49. The van der Waals surface area contributed by atoms with Gasteiger partial charge < -0.3 is 14.6 Å². The van der Waals surface area contributed by atoms with Gasteiger partial charge in [0, 0.05) is 6.42 Å². The molecule has 12 heavy (non-hydrogen) atoms. The van der Waals surface area contributed by atoms with Gasteiger partial charge in [0.05, 0.1) is 12.7 Å². The van der Waals surface area contributed by atoms with Crippen LogP contribution in [0.3, 0.4) is 0 Å². The first-order valence-electron chi connectivity index (χ1n) is 4.11. The van der Waals surface area contributed by atoms with Crippen LogP contribution in [0.1, 0.15) is 13.3 Å². The van der Waals surface area contributed by atoms with E-state index in [-0.39, 0.29) is 11.7 Å². The Hall–Kier alpha value is -0.560. The van der Waals surface area contributed by atoms with Gasteiger partial charge in [-0.05, 0) is 6.92 Å². The van der Waals surface area contributed by atoms with Crippen molar-refractivity contribution < 1.29 is 14.6 Å². The average molecular weight is 168 g/mol. The second kappa shape index (κ2) is 2.46. The fraction of sp³-hybridized carbons (Fsp3) is 0.778. The van der Waals surface area contributed by atoms with Gasteiger partial charge in [-0.1, -0.05) is 5.92 Å². The van der Waals surface area contributed by atoms with Gasteiger partial charge in [0.25, 0.3) is 0 Å². The highest BCUT2D eigenvalue weighted by atomic mass is 16.6. The van der Waals surface area contributed by atoms with Crippen LogP contribution in [0.4, 0.5) is 0 Å². The summed E-state index contributed by atoms with van der Waals surface area (Å²) in [5.74, 6) is 2.43. The minimum absolute atomic E-state index is 0.0805. The molecule has 0 bridgehead atoms. The Bertz CT molecular complexity index is 226. The lowest BCUT2D eigenvalue weighted by Gasteiger charge is -2.33. The van der Waals surface area contributed by atoms with Crippen molar-refractivity contribution in [3.8, 4) is 12.3 Å². The highest BCUT2D eigenvalue weighted by Gasteiger charge is 2.57. The molecule has 2 aliphatic heterocycles.